The fourth-order valence-electron chi connectivity index (χ4n) is 3.58. The highest BCUT2D eigenvalue weighted by atomic mass is 16.2. The third-order valence-corrected chi connectivity index (χ3v) is 4.90. The Balaban J connectivity index is 1.61. The molecule has 0 spiro atoms. The molecule has 26 heavy (non-hydrogen) atoms. The first kappa shape index (κ1) is 16.4. The normalized spacial score (nSPS) is 17.3. The van der Waals surface area contributed by atoms with Gasteiger partial charge in [-0.25, -0.2) is 4.98 Å². The number of piperidine rings is 1. The number of rotatable bonds is 3. The number of aromatic nitrogens is 4. The number of nitrogens with zero attached hydrogens (tertiary/aromatic N) is 5. The molecule has 0 bridgehead atoms. The number of aryl methyl sites for hydroxylation is 1. The van der Waals surface area contributed by atoms with E-state index in [0.29, 0.717) is 6.54 Å². The molecule has 132 valence electrons. The number of carbonyl (C=O) groups is 1. The van der Waals surface area contributed by atoms with E-state index in [4.69, 9.17) is 0 Å². The minimum Gasteiger partial charge on any atom is -0.338 e. The highest BCUT2D eigenvalue weighted by molar-refractivity contribution is 5.94. The van der Waals surface area contributed by atoms with Crippen LogP contribution in [0.5, 0.6) is 0 Å². The van der Waals surface area contributed by atoms with Crippen LogP contribution in [-0.4, -0.2) is 43.4 Å². The van der Waals surface area contributed by atoms with Crippen molar-refractivity contribution in [1.82, 2.24) is 24.4 Å². The summed E-state index contributed by atoms with van der Waals surface area (Å²) in [6.45, 7) is 1.45. The number of likely N-dealkylation sites (tertiary alicyclic amines) is 1. The molecule has 3 heterocycles. The van der Waals surface area contributed by atoms with Crippen LogP contribution >= 0.6 is 0 Å². The van der Waals surface area contributed by atoms with Gasteiger partial charge in [0.2, 0.25) is 0 Å². The number of imidazole rings is 1. The second-order valence-electron chi connectivity index (χ2n) is 6.64. The Morgan fingerprint density at radius 1 is 1.15 bits per heavy atom. The molecule has 2 aromatic heterocycles. The third kappa shape index (κ3) is 3.10. The Morgan fingerprint density at radius 2 is 1.96 bits per heavy atom. The van der Waals surface area contributed by atoms with Crippen molar-refractivity contribution < 1.29 is 4.79 Å². The average molecular weight is 347 g/mol. The Labute approximate surface area is 152 Å². The maximum atomic E-state index is 12.8. The summed E-state index contributed by atoms with van der Waals surface area (Å²) in [6, 6.07) is 9.47. The molecule has 0 radical (unpaired) electrons. The van der Waals surface area contributed by atoms with Gasteiger partial charge in [-0.1, -0.05) is 18.2 Å². The van der Waals surface area contributed by atoms with Crippen molar-refractivity contribution in [3.05, 3.63) is 66.5 Å². The van der Waals surface area contributed by atoms with Gasteiger partial charge in [-0.15, -0.1) is 0 Å². The van der Waals surface area contributed by atoms with E-state index in [0.717, 1.165) is 42.0 Å². The van der Waals surface area contributed by atoms with E-state index in [2.05, 4.69) is 15.0 Å². The van der Waals surface area contributed by atoms with Crippen molar-refractivity contribution in [2.45, 2.75) is 18.8 Å². The quantitative estimate of drug-likeness (QED) is 0.731. The molecule has 1 saturated heterocycles. The predicted octanol–water partition coefficient (Wildman–Crippen LogP) is 2.90. The Bertz CT molecular complexity index is 905. The van der Waals surface area contributed by atoms with Crippen molar-refractivity contribution in [2.75, 3.05) is 13.1 Å². The first-order valence-corrected chi connectivity index (χ1v) is 8.86. The first-order chi connectivity index (χ1) is 12.7. The molecule has 1 aliphatic rings. The number of carbonyl (C=O) groups excluding carboxylic acids is 1. The maximum absolute atomic E-state index is 12.8. The van der Waals surface area contributed by atoms with Crippen LogP contribution in [0.15, 0.2) is 55.2 Å². The van der Waals surface area contributed by atoms with Gasteiger partial charge in [-0.05, 0) is 25.0 Å². The lowest BCUT2D eigenvalue weighted by molar-refractivity contribution is 0.0706. The van der Waals surface area contributed by atoms with Crippen molar-refractivity contribution in [1.29, 1.82) is 0 Å². The zero-order valence-corrected chi connectivity index (χ0v) is 14.7. The van der Waals surface area contributed by atoms with Gasteiger partial charge in [0.1, 0.15) is 5.69 Å². The molecule has 0 N–H and O–H groups in total. The SMILES string of the molecule is Cn1cncc1-c1nccnc1C1CCCN(C(=O)c2ccccc2)C1. The molecule has 6 heteroatoms. The van der Waals surface area contributed by atoms with Crippen molar-refractivity contribution >= 4 is 5.91 Å². The molecule has 1 fully saturated rings. The molecule has 1 atom stereocenters. The molecular formula is C20H21N5O. The second kappa shape index (κ2) is 7.07. The van der Waals surface area contributed by atoms with E-state index in [1.165, 1.54) is 0 Å². The minimum atomic E-state index is 0.0845. The number of benzene rings is 1. The number of amides is 1. The van der Waals surface area contributed by atoms with Gasteiger partial charge in [-0.2, -0.15) is 0 Å². The van der Waals surface area contributed by atoms with Crippen LogP contribution in [0.4, 0.5) is 0 Å². The maximum Gasteiger partial charge on any atom is 0.253 e. The van der Waals surface area contributed by atoms with Crippen molar-refractivity contribution in [3.63, 3.8) is 0 Å². The molecule has 0 saturated carbocycles. The number of hydrogen-bond donors (Lipinski definition) is 0. The van der Waals surface area contributed by atoms with Gasteiger partial charge in [0.25, 0.3) is 5.91 Å². The fourth-order valence-corrected chi connectivity index (χ4v) is 3.58. The smallest absolute Gasteiger partial charge is 0.253 e. The van der Waals surface area contributed by atoms with Gasteiger partial charge < -0.3 is 9.47 Å². The van der Waals surface area contributed by atoms with Crippen LogP contribution in [0.1, 0.15) is 34.8 Å². The van der Waals surface area contributed by atoms with E-state index in [1.807, 2.05) is 53.0 Å². The van der Waals surface area contributed by atoms with Gasteiger partial charge in [0.05, 0.1) is 23.9 Å². The lowest BCUT2D eigenvalue weighted by atomic mass is 9.92. The summed E-state index contributed by atoms with van der Waals surface area (Å²) in [5.41, 5.74) is 3.48. The average Bonchev–Trinajstić information content (AvgIpc) is 3.14. The fraction of sp³-hybridized carbons (Fsp3) is 0.300. The zero-order chi connectivity index (χ0) is 17.9. The summed E-state index contributed by atoms with van der Waals surface area (Å²) in [5.74, 6) is 0.260. The highest BCUT2D eigenvalue weighted by Gasteiger charge is 2.28. The summed E-state index contributed by atoms with van der Waals surface area (Å²) < 4.78 is 1.95. The van der Waals surface area contributed by atoms with Crippen LogP contribution in [0, 0.1) is 0 Å². The molecule has 6 nitrogen and oxygen atoms in total. The van der Waals surface area contributed by atoms with Gasteiger partial charge in [-0.3, -0.25) is 14.8 Å². The summed E-state index contributed by atoms with van der Waals surface area (Å²) >= 11 is 0. The topological polar surface area (TPSA) is 63.9 Å². The third-order valence-electron chi connectivity index (χ3n) is 4.90. The van der Waals surface area contributed by atoms with Crippen LogP contribution in [0.3, 0.4) is 0 Å². The lowest BCUT2D eigenvalue weighted by Crippen LogP contribution is -2.39. The van der Waals surface area contributed by atoms with Crippen molar-refractivity contribution in [2.24, 2.45) is 7.05 Å². The Kier molecular flexibility index (Phi) is 4.48. The van der Waals surface area contributed by atoms with Gasteiger partial charge in [0.15, 0.2) is 0 Å². The number of hydrogen-bond acceptors (Lipinski definition) is 4. The van der Waals surface area contributed by atoms with Crippen LogP contribution < -0.4 is 0 Å². The van der Waals surface area contributed by atoms with Crippen LogP contribution in [0.2, 0.25) is 0 Å². The molecule has 1 amide bonds. The monoisotopic (exact) mass is 347 g/mol. The summed E-state index contributed by atoms with van der Waals surface area (Å²) in [7, 11) is 1.95. The van der Waals surface area contributed by atoms with Gasteiger partial charge >= 0.3 is 0 Å². The first-order valence-electron chi connectivity index (χ1n) is 8.86. The molecule has 1 unspecified atom stereocenters. The predicted molar refractivity (Wildman–Crippen MR) is 98.6 cm³/mol. The Hall–Kier alpha value is -3.02. The second-order valence-corrected chi connectivity index (χ2v) is 6.64. The van der Waals surface area contributed by atoms with Crippen molar-refractivity contribution in [3.8, 4) is 11.4 Å². The standard InChI is InChI=1S/C20H21N5O/c1-24-14-21-12-17(24)19-18(22-9-10-23-19)16-8-5-11-25(13-16)20(26)15-6-3-2-4-7-15/h2-4,6-7,9-10,12,14,16H,5,8,11,13H2,1H3. The summed E-state index contributed by atoms with van der Waals surface area (Å²) in [6.07, 6.45) is 8.98. The van der Waals surface area contributed by atoms with E-state index in [1.54, 1.807) is 18.7 Å². The van der Waals surface area contributed by atoms with E-state index >= 15 is 0 Å². The van der Waals surface area contributed by atoms with E-state index in [9.17, 15) is 4.79 Å². The van der Waals surface area contributed by atoms with Crippen LogP contribution in [0.25, 0.3) is 11.4 Å². The molecule has 4 rings (SSSR count). The molecule has 1 aromatic carbocycles. The lowest BCUT2D eigenvalue weighted by Gasteiger charge is -2.33. The largest absolute Gasteiger partial charge is 0.338 e. The minimum absolute atomic E-state index is 0.0845. The molecule has 0 aliphatic carbocycles. The van der Waals surface area contributed by atoms with E-state index < -0.39 is 0 Å². The Morgan fingerprint density at radius 3 is 2.73 bits per heavy atom. The highest BCUT2D eigenvalue weighted by Crippen LogP contribution is 2.31. The summed E-state index contributed by atoms with van der Waals surface area (Å²) in [5, 5.41) is 0. The zero-order valence-electron chi connectivity index (χ0n) is 14.7. The summed E-state index contributed by atoms with van der Waals surface area (Å²) in [4.78, 5) is 28.1. The molecule has 3 aromatic rings. The van der Waals surface area contributed by atoms with E-state index in [-0.39, 0.29) is 11.8 Å². The van der Waals surface area contributed by atoms with Gasteiger partial charge in [0, 0.05) is 44.0 Å². The molecule has 1 aliphatic heterocycles. The molecular weight excluding hydrogens is 326 g/mol. The van der Waals surface area contributed by atoms with Crippen LogP contribution in [-0.2, 0) is 7.05 Å².